The number of nitrogens with zero attached hydrogens (tertiary/aromatic N) is 1. The van der Waals surface area contributed by atoms with E-state index in [2.05, 4.69) is 5.32 Å². The van der Waals surface area contributed by atoms with Crippen LogP contribution in [-0.2, 0) is 9.59 Å². The van der Waals surface area contributed by atoms with E-state index in [1.165, 1.54) is 0 Å². The van der Waals surface area contributed by atoms with Gasteiger partial charge in [0.05, 0.1) is 0 Å². The molecule has 0 aliphatic rings. The van der Waals surface area contributed by atoms with Crippen molar-refractivity contribution in [2.45, 2.75) is 66.2 Å². The van der Waals surface area contributed by atoms with Gasteiger partial charge in [0.2, 0.25) is 5.91 Å². The summed E-state index contributed by atoms with van der Waals surface area (Å²) in [5, 5.41) is 9.25. The Morgan fingerprint density at radius 2 is 1.21 bits per heavy atom. The van der Waals surface area contributed by atoms with Gasteiger partial charge in [-0.05, 0) is 27.1 Å². The Kier molecular flexibility index (Phi) is 11.8. The third-order valence-electron chi connectivity index (χ3n) is 4.88. The molecule has 0 aromatic carbocycles. The molecular weight excluding hydrogens is 609 g/mol. The van der Waals surface area contributed by atoms with E-state index in [-0.39, 0.29) is 18.3 Å². The molecule has 0 saturated carbocycles. The van der Waals surface area contributed by atoms with Crippen LogP contribution in [0, 0.1) is 0 Å². The van der Waals surface area contributed by atoms with E-state index in [0.717, 1.165) is 0 Å². The standard InChI is InChI=1S/C18H21F15N2O3S/c1-35(2)6-3-5-34-10(36)8-9(11(37)38)39-7-4-12(19,20)13(21,22)14(23,24)15(25,26)16(27,28)17(29,30)18(31,32)33/h9H,3-8H2,1-2H3,(H,34,36)(H,37,38). The summed E-state index contributed by atoms with van der Waals surface area (Å²) < 4.78 is 198. The summed E-state index contributed by atoms with van der Waals surface area (Å²) in [6.45, 7) is 0.490. The normalized spacial score (nSPS) is 15.4. The van der Waals surface area contributed by atoms with Crippen molar-refractivity contribution in [2.75, 3.05) is 32.9 Å². The average Bonchev–Trinajstić information content (AvgIpc) is 2.74. The second-order valence-corrected chi connectivity index (χ2v) is 9.54. The number of amides is 1. The maximum absolute atomic E-state index is 13.9. The molecule has 0 aliphatic heterocycles. The van der Waals surface area contributed by atoms with E-state index in [0.29, 0.717) is 13.0 Å². The number of carbonyl (C=O) groups is 2. The molecule has 0 fully saturated rings. The smallest absolute Gasteiger partial charge is 0.460 e. The first-order valence-electron chi connectivity index (χ1n) is 10.2. The molecule has 21 heteroatoms. The third-order valence-corrected chi connectivity index (χ3v) is 6.09. The largest absolute Gasteiger partial charge is 0.480 e. The van der Waals surface area contributed by atoms with Crippen LogP contribution in [0.1, 0.15) is 19.3 Å². The molecule has 1 atom stereocenters. The minimum atomic E-state index is -8.38. The van der Waals surface area contributed by atoms with Crippen LogP contribution in [0.2, 0.25) is 0 Å². The fourth-order valence-electron chi connectivity index (χ4n) is 2.57. The highest BCUT2D eigenvalue weighted by Gasteiger charge is 2.93. The van der Waals surface area contributed by atoms with Crippen LogP contribution in [0.3, 0.4) is 0 Å². The SMILES string of the molecule is CN(C)CCCNC(=O)CC(SCCC(F)(F)C(F)(F)C(F)(F)C(F)(F)C(F)(F)C(F)(F)C(F)(F)F)C(=O)O. The lowest BCUT2D eigenvalue weighted by Gasteiger charge is -2.41. The maximum Gasteiger partial charge on any atom is 0.460 e. The van der Waals surface area contributed by atoms with Crippen LogP contribution < -0.4 is 5.32 Å². The summed E-state index contributed by atoms with van der Waals surface area (Å²) in [4.78, 5) is 24.6. The molecule has 39 heavy (non-hydrogen) atoms. The van der Waals surface area contributed by atoms with Gasteiger partial charge >= 0.3 is 47.7 Å². The van der Waals surface area contributed by atoms with E-state index < -0.39 is 77.4 Å². The molecule has 0 aromatic heterocycles. The van der Waals surface area contributed by atoms with Crippen molar-refractivity contribution in [1.82, 2.24) is 10.2 Å². The molecule has 1 unspecified atom stereocenters. The van der Waals surface area contributed by atoms with Crippen LogP contribution in [0.5, 0.6) is 0 Å². The lowest BCUT2D eigenvalue weighted by Crippen LogP contribution is -2.72. The number of carboxylic acids is 1. The molecule has 1 amide bonds. The second kappa shape index (κ2) is 12.4. The van der Waals surface area contributed by atoms with Crippen LogP contribution in [0.15, 0.2) is 0 Å². The first-order chi connectivity index (χ1) is 17.1. The highest BCUT2D eigenvalue weighted by Crippen LogP contribution is 2.62. The van der Waals surface area contributed by atoms with E-state index in [1.807, 2.05) is 0 Å². The molecule has 0 heterocycles. The minimum absolute atomic E-state index is 0.0135. The lowest BCUT2D eigenvalue weighted by molar-refractivity contribution is -0.452. The van der Waals surface area contributed by atoms with Crippen molar-refractivity contribution in [3.05, 3.63) is 0 Å². The zero-order chi connectivity index (χ0) is 31.5. The van der Waals surface area contributed by atoms with Gasteiger partial charge in [-0.3, -0.25) is 9.59 Å². The Labute approximate surface area is 214 Å². The lowest BCUT2D eigenvalue weighted by atomic mass is 9.90. The van der Waals surface area contributed by atoms with E-state index in [4.69, 9.17) is 5.11 Å². The molecule has 232 valence electrons. The van der Waals surface area contributed by atoms with Crippen molar-refractivity contribution in [3.8, 4) is 0 Å². The molecule has 5 nitrogen and oxygen atoms in total. The van der Waals surface area contributed by atoms with Crippen LogP contribution in [-0.4, -0.2) is 102 Å². The maximum atomic E-state index is 13.9. The predicted octanol–water partition coefficient (Wildman–Crippen LogP) is 5.40. The number of halogens is 15. The number of rotatable bonds is 16. The van der Waals surface area contributed by atoms with Gasteiger partial charge in [-0.2, -0.15) is 65.9 Å². The van der Waals surface area contributed by atoms with Gasteiger partial charge < -0.3 is 15.3 Å². The highest BCUT2D eigenvalue weighted by atomic mass is 32.2. The summed E-state index contributed by atoms with van der Waals surface area (Å²) in [6.07, 6.45) is -11.0. The number of hydrogen-bond donors (Lipinski definition) is 2. The van der Waals surface area contributed by atoms with Crippen molar-refractivity contribution in [2.24, 2.45) is 0 Å². The van der Waals surface area contributed by atoms with Gasteiger partial charge in [0, 0.05) is 25.1 Å². The summed E-state index contributed by atoms with van der Waals surface area (Å²) in [6, 6.07) is 0. The Morgan fingerprint density at radius 3 is 1.62 bits per heavy atom. The van der Waals surface area contributed by atoms with Gasteiger partial charge in [-0.25, -0.2) is 0 Å². The number of carbonyl (C=O) groups excluding carboxylic acids is 1. The van der Waals surface area contributed by atoms with E-state index >= 15 is 0 Å². The zero-order valence-corrected chi connectivity index (χ0v) is 20.4. The fourth-order valence-corrected chi connectivity index (χ4v) is 3.64. The van der Waals surface area contributed by atoms with Crippen molar-refractivity contribution >= 4 is 23.6 Å². The Balaban J connectivity index is 5.67. The Bertz CT molecular complexity index is 850. The van der Waals surface area contributed by atoms with Gasteiger partial charge in [0.1, 0.15) is 5.25 Å². The number of aliphatic carboxylic acids is 1. The molecular formula is C18H21F15N2O3S. The Hall–Kier alpha value is -1.80. The summed E-state index contributed by atoms with van der Waals surface area (Å²) in [5.41, 5.74) is 0. The first-order valence-corrected chi connectivity index (χ1v) is 11.3. The zero-order valence-electron chi connectivity index (χ0n) is 19.6. The predicted molar refractivity (Wildman–Crippen MR) is 105 cm³/mol. The summed E-state index contributed by atoms with van der Waals surface area (Å²) in [7, 11) is 3.36. The van der Waals surface area contributed by atoms with Crippen LogP contribution in [0.25, 0.3) is 0 Å². The van der Waals surface area contributed by atoms with Crippen LogP contribution in [0.4, 0.5) is 65.9 Å². The molecule has 0 saturated heterocycles. The molecule has 0 aliphatic carbocycles. The fraction of sp³-hybridized carbons (Fsp3) is 0.889. The average molecular weight is 630 g/mol. The van der Waals surface area contributed by atoms with E-state index in [9.17, 15) is 75.4 Å². The minimum Gasteiger partial charge on any atom is -0.480 e. The van der Waals surface area contributed by atoms with E-state index in [1.54, 1.807) is 19.0 Å². The van der Waals surface area contributed by atoms with Crippen molar-refractivity contribution in [1.29, 1.82) is 0 Å². The number of hydrogen-bond acceptors (Lipinski definition) is 4. The monoisotopic (exact) mass is 630 g/mol. The molecule has 0 aromatic rings. The Morgan fingerprint density at radius 1 is 0.769 bits per heavy atom. The molecule has 0 radical (unpaired) electrons. The second-order valence-electron chi connectivity index (χ2n) is 8.23. The number of carboxylic acid groups (broad SMARTS) is 1. The summed E-state index contributed by atoms with van der Waals surface area (Å²) in [5.74, 6) is -51.6. The highest BCUT2D eigenvalue weighted by molar-refractivity contribution is 8.00. The van der Waals surface area contributed by atoms with Crippen molar-refractivity contribution in [3.63, 3.8) is 0 Å². The van der Waals surface area contributed by atoms with Gasteiger partial charge in [0.15, 0.2) is 0 Å². The topological polar surface area (TPSA) is 69.6 Å². The number of thioether (sulfide) groups is 1. The summed E-state index contributed by atoms with van der Waals surface area (Å²) >= 11 is -0.255. The molecule has 0 bridgehead atoms. The third kappa shape index (κ3) is 7.69. The molecule has 2 N–H and O–H groups in total. The molecule has 0 spiro atoms. The van der Waals surface area contributed by atoms with Gasteiger partial charge in [-0.15, -0.1) is 11.8 Å². The van der Waals surface area contributed by atoms with Gasteiger partial charge in [-0.1, -0.05) is 0 Å². The van der Waals surface area contributed by atoms with Gasteiger partial charge in [0.25, 0.3) is 0 Å². The van der Waals surface area contributed by atoms with Crippen LogP contribution >= 0.6 is 11.8 Å². The number of alkyl halides is 15. The first kappa shape index (κ1) is 37.2. The molecule has 0 rings (SSSR count). The quantitative estimate of drug-likeness (QED) is 0.177. The number of nitrogens with one attached hydrogen (secondary N) is 1. The van der Waals surface area contributed by atoms with Crippen molar-refractivity contribution < 1.29 is 80.6 Å².